The topological polar surface area (TPSA) is 26.3 Å². The number of methoxy groups -OCH3 is 1. The van der Waals surface area contributed by atoms with Gasteiger partial charge < -0.3 is 4.74 Å². The highest BCUT2D eigenvalue weighted by Gasteiger charge is 1.99. The summed E-state index contributed by atoms with van der Waals surface area (Å²) in [6.45, 7) is 2.17. The lowest BCUT2D eigenvalue weighted by Crippen LogP contribution is -1.99. The number of esters is 1. The van der Waals surface area contributed by atoms with Crippen LogP contribution in [0.5, 0.6) is 0 Å². The third-order valence-electron chi connectivity index (χ3n) is 3.49. The molecule has 0 amide bonds. The van der Waals surface area contributed by atoms with Gasteiger partial charge in [-0.1, -0.05) is 55.7 Å². The zero-order valence-corrected chi connectivity index (χ0v) is 12.7. The first kappa shape index (κ1) is 16.5. The molecule has 0 spiro atoms. The number of rotatable bonds is 9. The Labute approximate surface area is 122 Å². The molecule has 0 heterocycles. The minimum Gasteiger partial charge on any atom is -0.469 e. The first-order valence-electron chi connectivity index (χ1n) is 7.53. The minimum absolute atomic E-state index is 0.0913. The summed E-state index contributed by atoms with van der Waals surface area (Å²) in [7, 11) is 1.45. The second-order valence-corrected chi connectivity index (χ2v) is 5.14. The van der Waals surface area contributed by atoms with Gasteiger partial charge in [0.2, 0.25) is 0 Å². The Hall–Kier alpha value is -1.57. The van der Waals surface area contributed by atoms with Crippen LogP contribution in [-0.2, 0) is 9.53 Å². The van der Waals surface area contributed by atoms with Crippen molar-refractivity contribution in [2.24, 2.45) is 0 Å². The van der Waals surface area contributed by atoms with E-state index in [0.717, 1.165) is 19.3 Å². The summed E-state index contributed by atoms with van der Waals surface area (Å²) in [6.07, 6.45) is 9.75. The Morgan fingerprint density at radius 2 is 1.70 bits per heavy atom. The number of carbonyl (C=O) groups is 1. The fraction of sp³-hybridized carbons (Fsp3) is 0.500. The zero-order valence-electron chi connectivity index (χ0n) is 12.7. The number of benzene rings is 1. The maximum Gasteiger partial charge on any atom is 0.305 e. The molecule has 20 heavy (non-hydrogen) atoms. The van der Waals surface area contributed by atoms with E-state index < -0.39 is 0 Å². The van der Waals surface area contributed by atoms with Crippen molar-refractivity contribution in [1.82, 2.24) is 0 Å². The van der Waals surface area contributed by atoms with Crippen LogP contribution in [0.4, 0.5) is 0 Å². The maximum atomic E-state index is 10.9. The first-order chi connectivity index (χ1) is 9.74. The van der Waals surface area contributed by atoms with Crippen LogP contribution in [0.15, 0.2) is 36.4 Å². The van der Waals surface area contributed by atoms with E-state index in [9.17, 15) is 4.79 Å². The summed E-state index contributed by atoms with van der Waals surface area (Å²) in [5.41, 5.74) is 2.67. The summed E-state index contributed by atoms with van der Waals surface area (Å²) in [5, 5.41) is 0. The highest BCUT2D eigenvalue weighted by Crippen LogP contribution is 2.15. The minimum atomic E-state index is -0.0913. The molecule has 1 rings (SSSR count). The van der Waals surface area contributed by atoms with Gasteiger partial charge in [-0.3, -0.25) is 4.79 Å². The Bertz CT molecular complexity index is 407. The molecule has 110 valence electrons. The largest absolute Gasteiger partial charge is 0.469 e. The van der Waals surface area contributed by atoms with E-state index in [-0.39, 0.29) is 5.97 Å². The summed E-state index contributed by atoms with van der Waals surface area (Å²) in [6, 6.07) is 10.5. The molecule has 1 aromatic carbocycles. The summed E-state index contributed by atoms with van der Waals surface area (Å²) >= 11 is 0. The summed E-state index contributed by atoms with van der Waals surface area (Å²) < 4.78 is 4.62. The van der Waals surface area contributed by atoms with Gasteiger partial charge in [0.25, 0.3) is 0 Å². The Kier molecular flexibility index (Phi) is 8.44. The summed E-state index contributed by atoms with van der Waals surface area (Å²) in [4.78, 5) is 10.9. The molecule has 0 fully saturated rings. The molecule has 0 aliphatic carbocycles. The van der Waals surface area contributed by atoms with Gasteiger partial charge in [-0.15, -0.1) is 0 Å². The predicted molar refractivity (Wildman–Crippen MR) is 84.4 cm³/mol. The Morgan fingerprint density at radius 3 is 2.40 bits per heavy atom. The molecule has 0 atom stereocenters. The highest BCUT2D eigenvalue weighted by molar-refractivity contribution is 5.68. The number of carbonyl (C=O) groups excluding carboxylic acids is 1. The number of ether oxygens (including phenoxy) is 1. The Balaban J connectivity index is 2.06. The summed E-state index contributed by atoms with van der Waals surface area (Å²) in [5.74, 6) is -0.0913. The fourth-order valence-corrected chi connectivity index (χ4v) is 2.18. The van der Waals surface area contributed by atoms with Crippen molar-refractivity contribution in [2.75, 3.05) is 7.11 Å². The highest BCUT2D eigenvalue weighted by atomic mass is 16.5. The van der Waals surface area contributed by atoms with Crippen LogP contribution < -0.4 is 0 Å². The molecule has 0 saturated heterocycles. The quantitative estimate of drug-likeness (QED) is 0.468. The monoisotopic (exact) mass is 274 g/mol. The molecule has 0 N–H and O–H groups in total. The second-order valence-electron chi connectivity index (χ2n) is 5.14. The van der Waals surface area contributed by atoms with E-state index >= 15 is 0 Å². The molecule has 0 saturated carbocycles. The number of hydrogen-bond acceptors (Lipinski definition) is 2. The number of allylic oxidation sites excluding steroid dienone is 2. The molecular formula is C18H26O2. The van der Waals surface area contributed by atoms with Crippen molar-refractivity contribution in [1.29, 1.82) is 0 Å². The molecule has 0 radical (unpaired) electrons. The number of hydrogen-bond donors (Lipinski definition) is 0. The van der Waals surface area contributed by atoms with E-state index in [0.29, 0.717) is 6.42 Å². The van der Waals surface area contributed by atoms with Crippen LogP contribution in [-0.4, -0.2) is 13.1 Å². The van der Waals surface area contributed by atoms with Gasteiger partial charge in [-0.05, 0) is 37.3 Å². The van der Waals surface area contributed by atoms with Crippen molar-refractivity contribution < 1.29 is 9.53 Å². The van der Waals surface area contributed by atoms with Crippen molar-refractivity contribution in [3.8, 4) is 0 Å². The van der Waals surface area contributed by atoms with E-state index in [1.807, 2.05) is 6.07 Å². The standard InChI is InChI=1S/C18H26O2/c1-16(17-13-9-7-10-14-17)12-8-5-3-4-6-11-15-18(19)20-2/h7,9-10,12-14H,3-6,8,11,15H2,1-2H3. The fourth-order valence-electron chi connectivity index (χ4n) is 2.18. The second kappa shape index (κ2) is 10.2. The van der Waals surface area contributed by atoms with Crippen LogP contribution in [0.25, 0.3) is 5.57 Å². The lowest BCUT2D eigenvalue weighted by atomic mass is 10.0. The lowest BCUT2D eigenvalue weighted by Gasteiger charge is -2.02. The van der Waals surface area contributed by atoms with E-state index in [1.165, 1.54) is 37.5 Å². The van der Waals surface area contributed by atoms with Crippen LogP contribution in [0.3, 0.4) is 0 Å². The Morgan fingerprint density at radius 1 is 1.05 bits per heavy atom. The van der Waals surface area contributed by atoms with Gasteiger partial charge in [0, 0.05) is 6.42 Å². The third-order valence-corrected chi connectivity index (χ3v) is 3.49. The van der Waals surface area contributed by atoms with Gasteiger partial charge in [-0.2, -0.15) is 0 Å². The first-order valence-corrected chi connectivity index (χ1v) is 7.53. The average Bonchev–Trinajstić information content (AvgIpc) is 2.50. The van der Waals surface area contributed by atoms with Crippen molar-refractivity contribution in [2.45, 2.75) is 51.9 Å². The molecule has 1 aromatic rings. The van der Waals surface area contributed by atoms with Gasteiger partial charge >= 0.3 is 5.97 Å². The van der Waals surface area contributed by atoms with Gasteiger partial charge in [0.05, 0.1) is 7.11 Å². The molecule has 0 aliphatic rings. The molecule has 0 bridgehead atoms. The average molecular weight is 274 g/mol. The van der Waals surface area contributed by atoms with Crippen LogP contribution >= 0.6 is 0 Å². The van der Waals surface area contributed by atoms with Gasteiger partial charge in [0.1, 0.15) is 0 Å². The van der Waals surface area contributed by atoms with E-state index in [1.54, 1.807) is 0 Å². The van der Waals surface area contributed by atoms with Gasteiger partial charge in [-0.25, -0.2) is 0 Å². The predicted octanol–water partition coefficient (Wildman–Crippen LogP) is 4.99. The smallest absolute Gasteiger partial charge is 0.305 e. The SMILES string of the molecule is COC(=O)CCCCCCCC=C(C)c1ccccc1. The molecule has 2 heteroatoms. The van der Waals surface area contributed by atoms with Crippen molar-refractivity contribution >= 4 is 11.5 Å². The normalized spacial score (nSPS) is 11.4. The van der Waals surface area contributed by atoms with E-state index in [4.69, 9.17) is 0 Å². The van der Waals surface area contributed by atoms with Crippen molar-refractivity contribution in [3.63, 3.8) is 0 Å². The molecule has 0 unspecified atom stereocenters. The molecule has 0 aliphatic heterocycles. The lowest BCUT2D eigenvalue weighted by molar-refractivity contribution is -0.140. The zero-order chi connectivity index (χ0) is 14.6. The van der Waals surface area contributed by atoms with Crippen LogP contribution in [0.2, 0.25) is 0 Å². The van der Waals surface area contributed by atoms with E-state index in [2.05, 4.69) is 42.0 Å². The van der Waals surface area contributed by atoms with Crippen molar-refractivity contribution in [3.05, 3.63) is 42.0 Å². The molecule has 0 aromatic heterocycles. The van der Waals surface area contributed by atoms with Gasteiger partial charge in [0.15, 0.2) is 0 Å². The molecular weight excluding hydrogens is 248 g/mol. The number of unbranched alkanes of at least 4 members (excludes halogenated alkanes) is 5. The maximum absolute atomic E-state index is 10.9. The van der Waals surface area contributed by atoms with Crippen LogP contribution in [0, 0.1) is 0 Å². The molecule has 2 nitrogen and oxygen atoms in total. The van der Waals surface area contributed by atoms with Crippen LogP contribution in [0.1, 0.15) is 57.4 Å². The third kappa shape index (κ3) is 7.13.